The highest BCUT2D eigenvalue weighted by Crippen LogP contribution is 2.57. The third-order valence-electron chi connectivity index (χ3n) is 3.19. The van der Waals surface area contributed by atoms with Gasteiger partial charge < -0.3 is 29.3 Å². The van der Waals surface area contributed by atoms with Crippen molar-refractivity contribution in [3.63, 3.8) is 0 Å². The average Bonchev–Trinajstić information content (AvgIpc) is 2.71. The molecule has 1 aliphatic heterocycles. The fourth-order valence-corrected chi connectivity index (χ4v) is 4.30. The van der Waals surface area contributed by atoms with Gasteiger partial charge in [0.05, 0.1) is 6.61 Å². The first-order chi connectivity index (χ1) is 11.4. The van der Waals surface area contributed by atoms with Crippen LogP contribution in [0.3, 0.4) is 0 Å². The zero-order valence-electron chi connectivity index (χ0n) is 12.7. The Bertz CT molecular complexity index is 833. The van der Waals surface area contributed by atoms with Crippen LogP contribution in [-0.4, -0.2) is 62.0 Å². The predicted molar refractivity (Wildman–Crippen MR) is 82.5 cm³/mol. The van der Waals surface area contributed by atoms with Gasteiger partial charge in [0, 0.05) is 12.3 Å². The Kier molecular flexibility index (Phi) is 5.89. The van der Waals surface area contributed by atoms with Gasteiger partial charge in [-0.05, 0) is 0 Å². The second-order valence-electron chi connectivity index (χ2n) is 5.20. The average molecular weight is 400 g/mol. The number of nitrogens with zero attached hydrogens (tertiary/aromatic N) is 1. The van der Waals surface area contributed by atoms with Gasteiger partial charge in [0.25, 0.3) is 20.6 Å². The van der Waals surface area contributed by atoms with Gasteiger partial charge in [-0.3, -0.25) is 18.9 Å². The molecule has 5 atom stereocenters. The molecule has 5 N–H and O–H groups in total. The minimum absolute atomic E-state index is 0.652. The van der Waals surface area contributed by atoms with Crippen LogP contribution in [0.2, 0.25) is 0 Å². The van der Waals surface area contributed by atoms with Gasteiger partial charge in [0.2, 0.25) is 0 Å². The monoisotopic (exact) mass is 400 g/mol. The second-order valence-corrected chi connectivity index (χ2v) is 8.64. The molecule has 140 valence electrons. The van der Waals surface area contributed by atoms with E-state index in [1.165, 1.54) is 0 Å². The lowest BCUT2D eigenvalue weighted by molar-refractivity contribution is -0.0520. The second kappa shape index (κ2) is 7.27. The Morgan fingerprint density at radius 1 is 1.28 bits per heavy atom. The number of ether oxygens (including phenoxy) is 1. The number of phosphoric acid groups is 1. The highest BCUT2D eigenvalue weighted by atomic mass is 31.3. The molecule has 1 fully saturated rings. The van der Waals surface area contributed by atoms with Gasteiger partial charge in [0.15, 0.2) is 6.23 Å². The van der Waals surface area contributed by atoms with Crippen LogP contribution in [0, 0.1) is 0 Å². The summed E-state index contributed by atoms with van der Waals surface area (Å²) in [7, 11) is -8.44. The molecular formula is C9H15BN2O11P2. The van der Waals surface area contributed by atoms with Crippen molar-refractivity contribution in [2.45, 2.75) is 24.5 Å². The summed E-state index contributed by atoms with van der Waals surface area (Å²) in [6, 6.07) is 1.00. The van der Waals surface area contributed by atoms with Gasteiger partial charge in [-0.25, -0.2) is 13.7 Å². The molecule has 2 rings (SSSR count). The molecule has 0 saturated carbocycles. The van der Waals surface area contributed by atoms with Crippen molar-refractivity contribution >= 4 is 22.9 Å². The summed E-state index contributed by atoms with van der Waals surface area (Å²) in [5, 5.41) is 19.9. The van der Waals surface area contributed by atoms with Crippen molar-refractivity contribution in [2.75, 3.05) is 6.61 Å². The SMILES string of the molecule is BP(=O)(OC[C@H]1O[C@@H](n2ccc(=O)[nH]c2=O)C(O)C1O)OP(=O)(O)O. The van der Waals surface area contributed by atoms with Crippen LogP contribution in [0.25, 0.3) is 0 Å². The maximum Gasteiger partial charge on any atom is 0.476 e. The number of hydrogen-bond donors (Lipinski definition) is 5. The quantitative estimate of drug-likeness (QED) is 0.241. The molecule has 0 bridgehead atoms. The lowest BCUT2D eigenvalue weighted by Crippen LogP contribution is -2.37. The molecule has 1 saturated heterocycles. The lowest BCUT2D eigenvalue weighted by atomic mass is 10.1. The molecule has 1 aliphatic rings. The molecule has 0 amide bonds. The van der Waals surface area contributed by atoms with Crippen molar-refractivity contribution in [3.05, 3.63) is 33.1 Å². The molecule has 13 nitrogen and oxygen atoms in total. The molecule has 25 heavy (non-hydrogen) atoms. The van der Waals surface area contributed by atoms with Gasteiger partial charge in [-0.15, -0.1) is 0 Å². The number of H-pyrrole nitrogens is 1. The summed E-state index contributed by atoms with van der Waals surface area (Å²) in [6.45, 7) is -0.652. The van der Waals surface area contributed by atoms with E-state index >= 15 is 0 Å². The van der Waals surface area contributed by atoms with Gasteiger partial charge in [-0.1, -0.05) is 0 Å². The Morgan fingerprint density at radius 2 is 1.92 bits per heavy atom. The Labute approximate surface area is 140 Å². The van der Waals surface area contributed by atoms with Crippen molar-refractivity contribution in [1.29, 1.82) is 0 Å². The highest BCUT2D eigenvalue weighted by molar-refractivity contribution is 7.83. The summed E-state index contributed by atoms with van der Waals surface area (Å²) in [4.78, 5) is 42.0. The third-order valence-corrected chi connectivity index (χ3v) is 5.85. The van der Waals surface area contributed by atoms with E-state index in [-0.39, 0.29) is 0 Å². The first-order valence-electron chi connectivity index (χ1n) is 6.72. The van der Waals surface area contributed by atoms with Gasteiger partial charge in [-0.2, -0.15) is 0 Å². The predicted octanol–water partition coefficient (Wildman–Crippen LogP) is -2.98. The number of rotatable bonds is 6. The van der Waals surface area contributed by atoms with Crippen molar-refractivity contribution in [1.82, 2.24) is 9.55 Å². The van der Waals surface area contributed by atoms with E-state index in [2.05, 4.69) is 4.31 Å². The molecule has 1 aromatic rings. The van der Waals surface area contributed by atoms with E-state index in [0.29, 0.717) is 0 Å². The van der Waals surface area contributed by atoms with E-state index in [4.69, 9.17) is 19.0 Å². The fourth-order valence-electron chi connectivity index (χ4n) is 2.15. The Balaban J connectivity index is 2.09. The van der Waals surface area contributed by atoms with Crippen LogP contribution in [0.1, 0.15) is 6.23 Å². The summed E-state index contributed by atoms with van der Waals surface area (Å²) in [5.41, 5.74) is -1.56. The van der Waals surface area contributed by atoms with E-state index < -0.39 is 57.7 Å². The van der Waals surface area contributed by atoms with E-state index in [1.807, 2.05) is 4.98 Å². The molecule has 0 aliphatic carbocycles. The zero-order valence-corrected chi connectivity index (χ0v) is 14.4. The number of aromatic amines is 1. The fraction of sp³-hybridized carbons (Fsp3) is 0.556. The number of aliphatic hydroxyl groups is 2. The molecule has 0 aromatic carbocycles. The number of aliphatic hydroxyl groups excluding tert-OH is 2. The maximum absolute atomic E-state index is 11.8. The van der Waals surface area contributed by atoms with Crippen LogP contribution in [0.4, 0.5) is 0 Å². The van der Waals surface area contributed by atoms with Crippen LogP contribution in [-0.2, 0) is 22.7 Å². The summed E-state index contributed by atoms with van der Waals surface area (Å²) >= 11 is 0. The van der Waals surface area contributed by atoms with E-state index in [9.17, 15) is 28.9 Å². The van der Waals surface area contributed by atoms with E-state index in [0.717, 1.165) is 24.4 Å². The Hall–Kier alpha value is -1.08. The van der Waals surface area contributed by atoms with Crippen molar-refractivity contribution in [2.24, 2.45) is 0 Å². The minimum atomic E-state index is -5.07. The molecule has 0 spiro atoms. The Morgan fingerprint density at radius 3 is 2.48 bits per heavy atom. The standard InChI is InChI=1S/C9H15BN2O11P2/c10-24(17,23-25(18,19)20)21-3-4-6(14)7(15)8(22-4)12-2-1-5(13)11-9(12)16/h1-2,4,6-8,14-15H,3,10H2,(H,11,13,16)(H2,18,19,20)/t4-,6?,7?,8-,24?/m1/s1. The first-order valence-corrected chi connectivity index (χ1v) is 10.2. The molecular weight excluding hydrogens is 385 g/mol. The topological polar surface area (TPSA) is 198 Å². The zero-order chi connectivity index (χ0) is 19.0. The highest BCUT2D eigenvalue weighted by Gasteiger charge is 2.45. The summed E-state index contributed by atoms with van der Waals surface area (Å²) in [6.07, 6.45) is -4.76. The minimum Gasteiger partial charge on any atom is -0.387 e. The number of nitrogens with one attached hydrogen (secondary N) is 1. The summed E-state index contributed by atoms with van der Waals surface area (Å²) in [5.74, 6) is 0. The smallest absolute Gasteiger partial charge is 0.387 e. The lowest BCUT2D eigenvalue weighted by Gasteiger charge is -2.19. The van der Waals surface area contributed by atoms with Crippen molar-refractivity contribution in [3.8, 4) is 0 Å². The van der Waals surface area contributed by atoms with Crippen LogP contribution in [0.15, 0.2) is 21.9 Å². The van der Waals surface area contributed by atoms with Crippen LogP contribution >= 0.6 is 15.3 Å². The molecule has 1 aromatic heterocycles. The number of aromatic nitrogens is 2. The van der Waals surface area contributed by atoms with Crippen LogP contribution < -0.4 is 11.2 Å². The van der Waals surface area contributed by atoms with Crippen LogP contribution in [0.5, 0.6) is 0 Å². The van der Waals surface area contributed by atoms with Crippen molar-refractivity contribution < 1.29 is 42.7 Å². The van der Waals surface area contributed by atoms with Gasteiger partial charge in [0.1, 0.15) is 18.3 Å². The molecule has 0 radical (unpaired) electrons. The molecule has 16 heteroatoms. The van der Waals surface area contributed by atoms with Gasteiger partial charge >= 0.3 is 13.5 Å². The third kappa shape index (κ3) is 5.20. The largest absolute Gasteiger partial charge is 0.476 e. The molecule has 2 heterocycles. The normalized spacial score (nSPS) is 29.4. The van der Waals surface area contributed by atoms with E-state index in [1.54, 1.807) is 0 Å². The first kappa shape index (κ1) is 20.2. The molecule has 3 unspecified atom stereocenters. The summed E-state index contributed by atoms with van der Waals surface area (Å²) < 4.78 is 37.3. The maximum atomic E-state index is 11.8. The number of hydrogen-bond acceptors (Lipinski definition) is 9.